The van der Waals surface area contributed by atoms with E-state index in [0.29, 0.717) is 11.3 Å². The highest BCUT2D eigenvalue weighted by molar-refractivity contribution is 6.04. The molecule has 0 aliphatic carbocycles. The van der Waals surface area contributed by atoms with Crippen LogP contribution in [-0.2, 0) is 19.1 Å². The van der Waals surface area contributed by atoms with Crippen molar-refractivity contribution in [2.75, 3.05) is 25.5 Å². The molecule has 28 heavy (non-hydrogen) atoms. The first-order valence-corrected chi connectivity index (χ1v) is 8.73. The maximum atomic E-state index is 12.4. The molecule has 0 radical (unpaired) electrons. The molecule has 9 nitrogen and oxygen atoms in total. The molecule has 1 aromatic rings. The van der Waals surface area contributed by atoms with Crippen molar-refractivity contribution in [1.82, 2.24) is 10.6 Å². The monoisotopic (exact) mass is 393 g/mol. The molecule has 0 unspecified atom stereocenters. The van der Waals surface area contributed by atoms with Crippen LogP contribution in [0.1, 0.15) is 38.1 Å². The van der Waals surface area contributed by atoms with E-state index in [9.17, 15) is 19.2 Å². The lowest BCUT2D eigenvalue weighted by molar-refractivity contribution is -0.141. The number of anilines is 1. The average Bonchev–Trinajstić information content (AvgIpc) is 2.62. The van der Waals surface area contributed by atoms with Crippen LogP contribution < -0.4 is 16.0 Å². The molecule has 0 aliphatic heterocycles. The quantitative estimate of drug-likeness (QED) is 0.452. The standard InChI is InChI=1S/C19H27N3O6/c1-12(17(25)27-5)22-14-9-7-6-8-13(14)15(23)10-20-16(24)11-21-18(26)28-19(2,3)4/h6-9,12,22H,10-11H2,1-5H3,(H,20,24)(H,21,26)/t12-/m0/s1. The van der Waals surface area contributed by atoms with Gasteiger partial charge >= 0.3 is 12.1 Å². The van der Waals surface area contributed by atoms with Crippen LogP contribution in [0.15, 0.2) is 24.3 Å². The number of alkyl carbamates (subject to hydrolysis) is 1. The normalized spacial score (nSPS) is 11.8. The molecule has 0 fully saturated rings. The number of nitrogens with one attached hydrogen (secondary N) is 3. The lowest BCUT2D eigenvalue weighted by Gasteiger charge is -2.19. The largest absolute Gasteiger partial charge is 0.467 e. The Labute approximate surface area is 164 Å². The number of ether oxygens (including phenoxy) is 2. The van der Waals surface area contributed by atoms with Gasteiger partial charge in [-0.1, -0.05) is 12.1 Å². The minimum atomic E-state index is -0.722. The first kappa shape index (κ1) is 22.9. The van der Waals surface area contributed by atoms with Crippen molar-refractivity contribution in [3.63, 3.8) is 0 Å². The van der Waals surface area contributed by atoms with Gasteiger partial charge in [0.15, 0.2) is 5.78 Å². The van der Waals surface area contributed by atoms with E-state index in [-0.39, 0.29) is 18.9 Å². The minimum Gasteiger partial charge on any atom is -0.467 e. The first-order valence-electron chi connectivity index (χ1n) is 8.73. The molecular weight excluding hydrogens is 366 g/mol. The summed E-state index contributed by atoms with van der Waals surface area (Å²) in [4.78, 5) is 47.3. The fourth-order valence-electron chi connectivity index (χ4n) is 2.12. The van der Waals surface area contributed by atoms with Crippen molar-refractivity contribution in [3.8, 4) is 0 Å². The first-order chi connectivity index (χ1) is 13.0. The smallest absolute Gasteiger partial charge is 0.408 e. The molecule has 0 saturated carbocycles. The van der Waals surface area contributed by atoms with Gasteiger partial charge in [0, 0.05) is 11.3 Å². The maximum Gasteiger partial charge on any atom is 0.408 e. The zero-order valence-corrected chi connectivity index (χ0v) is 16.8. The highest BCUT2D eigenvalue weighted by Gasteiger charge is 2.19. The number of methoxy groups -OCH3 is 1. The van der Waals surface area contributed by atoms with Gasteiger partial charge in [-0.2, -0.15) is 0 Å². The Balaban J connectivity index is 2.58. The van der Waals surface area contributed by atoms with Crippen molar-refractivity contribution >= 4 is 29.4 Å². The number of ketones is 1. The van der Waals surface area contributed by atoms with Crippen molar-refractivity contribution in [2.45, 2.75) is 39.3 Å². The van der Waals surface area contributed by atoms with Crippen LogP contribution in [0.4, 0.5) is 10.5 Å². The summed E-state index contributed by atoms with van der Waals surface area (Å²) in [5.41, 5.74) is 0.0966. The van der Waals surface area contributed by atoms with Gasteiger partial charge in [0.2, 0.25) is 5.91 Å². The van der Waals surface area contributed by atoms with Gasteiger partial charge in [0.05, 0.1) is 13.7 Å². The fraction of sp³-hybridized carbons (Fsp3) is 0.474. The molecule has 9 heteroatoms. The molecule has 0 bridgehead atoms. The third-order valence-corrected chi connectivity index (χ3v) is 3.39. The number of amides is 2. The number of rotatable bonds is 8. The minimum absolute atomic E-state index is 0.264. The molecule has 1 rings (SSSR count). The molecule has 2 amide bonds. The summed E-state index contributed by atoms with van der Waals surface area (Å²) < 4.78 is 9.67. The van der Waals surface area contributed by atoms with Crippen LogP contribution in [0.25, 0.3) is 0 Å². The second-order valence-electron chi connectivity index (χ2n) is 6.99. The molecular formula is C19H27N3O6. The zero-order valence-electron chi connectivity index (χ0n) is 16.8. The molecule has 1 aromatic carbocycles. The average molecular weight is 393 g/mol. The molecule has 0 aliphatic rings. The van der Waals surface area contributed by atoms with E-state index >= 15 is 0 Å². The highest BCUT2D eigenvalue weighted by atomic mass is 16.6. The van der Waals surface area contributed by atoms with E-state index in [1.807, 2.05) is 0 Å². The lowest BCUT2D eigenvalue weighted by Crippen LogP contribution is -2.41. The molecule has 0 saturated heterocycles. The van der Waals surface area contributed by atoms with E-state index in [1.165, 1.54) is 7.11 Å². The lowest BCUT2D eigenvalue weighted by atomic mass is 10.1. The van der Waals surface area contributed by atoms with Gasteiger partial charge < -0.3 is 25.4 Å². The van der Waals surface area contributed by atoms with Crippen molar-refractivity contribution in [1.29, 1.82) is 0 Å². The summed E-state index contributed by atoms with van der Waals surface area (Å²) in [6, 6.07) is 5.98. The number of carbonyl (C=O) groups excluding carboxylic acids is 4. The van der Waals surface area contributed by atoms with Gasteiger partial charge in [-0.05, 0) is 39.8 Å². The van der Waals surface area contributed by atoms with E-state index < -0.39 is 29.6 Å². The Morgan fingerprint density at radius 1 is 1.04 bits per heavy atom. The number of para-hydroxylation sites is 1. The maximum absolute atomic E-state index is 12.4. The van der Waals surface area contributed by atoms with Gasteiger partial charge in [-0.15, -0.1) is 0 Å². The van der Waals surface area contributed by atoms with E-state index in [4.69, 9.17) is 4.74 Å². The summed E-state index contributed by atoms with van der Waals surface area (Å²) in [7, 11) is 1.28. The Bertz CT molecular complexity index is 727. The molecule has 3 N–H and O–H groups in total. The zero-order chi connectivity index (χ0) is 21.3. The molecule has 1 atom stereocenters. The number of esters is 1. The summed E-state index contributed by atoms with van der Waals surface area (Å²) >= 11 is 0. The number of hydrogen-bond donors (Lipinski definition) is 3. The summed E-state index contributed by atoms with van der Waals surface area (Å²) in [6.07, 6.45) is -0.722. The van der Waals surface area contributed by atoms with Crippen LogP contribution in [0, 0.1) is 0 Å². The van der Waals surface area contributed by atoms with Gasteiger partial charge in [-0.3, -0.25) is 9.59 Å². The third-order valence-electron chi connectivity index (χ3n) is 3.39. The van der Waals surface area contributed by atoms with Crippen molar-refractivity contribution < 1.29 is 28.7 Å². The van der Waals surface area contributed by atoms with Crippen LogP contribution >= 0.6 is 0 Å². The molecule has 154 valence electrons. The number of carbonyl (C=O) groups is 4. The SMILES string of the molecule is COC(=O)[C@H](C)Nc1ccccc1C(=O)CNC(=O)CNC(=O)OC(C)(C)C. The predicted octanol–water partition coefficient (Wildman–Crippen LogP) is 1.48. The van der Waals surface area contributed by atoms with Crippen LogP contribution in [-0.4, -0.2) is 55.6 Å². The fourth-order valence-corrected chi connectivity index (χ4v) is 2.12. The van der Waals surface area contributed by atoms with Crippen LogP contribution in [0.2, 0.25) is 0 Å². The van der Waals surface area contributed by atoms with Crippen LogP contribution in [0.5, 0.6) is 0 Å². The summed E-state index contributed by atoms with van der Waals surface area (Å²) in [5, 5.41) is 7.66. The molecule has 0 aromatic heterocycles. The predicted molar refractivity (Wildman–Crippen MR) is 103 cm³/mol. The van der Waals surface area contributed by atoms with Gasteiger partial charge in [-0.25, -0.2) is 9.59 Å². The van der Waals surface area contributed by atoms with E-state index in [1.54, 1.807) is 52.0 Å². The summed E-state index contributed by atoms with van der Waals surface area (Å²) in [5.74, 6) is -1.36. The van der Waals surface area contributed by atoms with Gasteiger partial charge in [0.25, 0.3) is 0 Å². The third kappa shape index (κ3) is 8.07. The summed E-state index contributed by atoms with van der Waals surface area (Å²) in [6.45, 7) is 6.15. The van der Waals surface area contributed by atoms with E-state index in [2.05, 4.69) is 20.7 Å². The second-order valence-corrected chi connectivity index (χ2v) is 6.99. The number of benzene rings is 1. The Morgan fingerprint density at radius 2 is 1.68 bits per heavy atom. The molecule has 0 heterocycles. The van der Waals surface area contributed by atoms with Gasteiger partial charge in [0.1, 0.15) is 18.2 Å². The highest BCUT2D eigenvalue weighted by Crippen LogP contribution is 2.17. The number of hydrogen-bond acceptors (Lipinski definition) is 7. The molecule has 0 spiro atoms. The van der Waals surface area contributed by atoms with Crippen molar-refractivity contribution in [3.05, 3.63) is 29.8 Å². The second kappa shape index (κ2) is 10.3. The van der Waals surface area contributed by atoms with Crippen LogP contribution in [0.3, 0.4) is 0 Å². The van der Waals surface area contributed by atoms with E-state index in [0.717, 1.165) is 0 Å². The number of Topliss-reactive ketones (excluding diaryl/α,β-unsaturated/α-hetero) is 1. The Kier molecular flexibility index (Phi) is 8.43. The van der Waals surface area contributed by atoms with Crippen molar-refractivity contribution in [2.24, 2.45) is 0 Å². The Morgan fingerprint density at radius 3 is 2.29 bits per heavy atom. The Hall–Kier alpha value is -3.10. The topological polar surface area (TPSA) is 123 Å².